The van der Waals surface area contributed by atoms with Crippen molar-refractivity contribution in [2.24, 2.45) is 0 Å². The average molecular weight is 358 g/mol. The summed E-state index contributed by atoms with van der Waals surface area (Å²) < 4.78 is 22.7. The van der Waals surface area contributed by atoms with Crippen molar-refractivity contribution >= 4 is 27.1 Å². The topological polar surface area (TPSA) is 66.5 Å². The summed E-state index contributed by atoms with van der Waals surface area (Å²) in [5, 5.41) is 2.97. The van der Waals surface area contributed by atoms with Gasteiger partial charge in [-0.1, -0.05) is 24.3 Å². The van der Waals surface area contributed by atoms with Crippen LogP contribution in [0.3, 0.4) is 0 Å². The van der Waals surface area contributed by atoms with Gasteiger partial charge in [0.15, 0.2) is 9.84 Å². The predicted octanol–water partition coefficient (Wildman–Crippen LogP) is 3.08. The quantitative estimate of drug-likeness (QED) is 0.892. The molecule has 2 aromatic rings. The molecule has 132 valence electrons. The van der Waals surface area contributed by atoms with Crippen molar-refractivity contribution in [3.05, 3.63) is 59.7 Å². The van der Waals surface area contributed by atoms with E-state index in [1.165, 1.54) is 19.1 Å². The van der Waals surface area contributed by atoms with Gasteiger partial charge in [0.2, 0.25) is 0 Å². The van der Waals surface area contributed by atoms with Crippen molar-refractivity contribution in [1.29, 1.82) is 0 Å². The summed E-state index contributed by atoms with van der Waals surface area (Å²) >= 11 is 0. The molecule has 1 aliphatic rings. The summed E-state index contributed by atoms with van der Waals surface area (Å²) in [6.07, 6.45) is 3.54. The van der Waals surface area contributed by atoms with Crippen molar-refractivity contribution in [2.45, 2.75) is 18.6 Å². The molecule has 1 fully saturated rings. The highest BCUT2D eigenvalue weighted by molar-refractivity contribution is 7.89. The van der Waals surface area contributed by atoms with Crippen LogP contribution in [-0.4, -0.2) is 33.7 Å². The molecule has 5 nitrogen and oxygen atoms in total. The van der Waals surface area contributed by atoms with Gasteiger partial charge in [0.25, 0.3) is 5.91 Å². The molecule has 25 heavy (non-hydrogen) atoms. The first-order valence-electron chi connectivity index (χ1n) is 8.34. The molecule has 0 radical (unpaired) electrons. The Morgan fingerprint density at radius 1 is 1.04 bits per heavy atom. The second-order valence-corrected chi connectivity index (χ2v) is 8.57. The molecular formula is C19H22N2O3S. The number of nitrogens with one attached hydrogen (secondary N) is 1. The smallest absolute Gasteiger partial charge is 0.255 e. The lowest BCUT2D eigenvalue weighted by atomic mass is 10.1. The number of benzene rings is 2. The van der Waals surface area contributed by atoms with E-state index in [2.05, 4.69) is 10.2 Å². The number of rotatable bonds is 5. The molecular weight excluding hydrogens is 336 g/mol. The number of para-hydroxylation sites is 2. The number of carbonyl (C=O) groups is 1. The van der Waals surface area contributed by atoms with Gasteiger partial charge < -0.3 is 10.2 Å². The fourth-order valence-electron chi connectivity index (χ4n) is 3.06. The van der Waals surface area contributed by atoms with Gasteiger partial charge in [0.1, 0.15) is 0 Å². The highest BCUT2D eigenvalue weighted by atomic mass is 32.2. The maximum Gasteiger partial charge on any atom is 0.255 e. The fraction of sp³-hybridized carbons (Fsp3) is 0.316. The Hall–Kier alpha value is -2.34. The fourth-order valence-corrected chi connectivity index (χ4v) is 3.86. The lowest BCUT2D eigenvalue weighted by molar-refractivity contribution is 0.102. The van der Waals surface area contributed by atoms with E-state index < -0.39 is 9.84 Å². The van der Waals surface area contributed by atoms with Crippen LogP contribution < -0.4 is 10.2 Å². The number of hydrogen-bond donors (Lipinski definition) is 1. The Morgan fingerprint density at radius 2 is 1.68 bits per heavy atom. The van der Waals surface area contributed by atoms with Crippen LogP contribution in [0.4, 0.5) is 11.4 Å². The second-order valence-electron chi connectivity index (χ2n) is 6.43. The summed E-state index contributed by atoms with van der Waals surface area (Å²) in [5.74, 6) is -0.218. The zero-order chi connectivity index (χ0) is 17.9. The maximum absolute atomic E-state index is 12.5. The molecule has 0 aromatic heterocycles. The van der Waals surface area contributed by atoms with Crippen molar-refractivity contribution in [2.75, 3.05) is 29.6 Å². The molecule has 1 amide bonds. The zero-order valence-electron chi connectivity index (χ0n) is 14.2. The Balaban J connectivity index is 1.74. The van der Waals surface area contributed by atoms with Gasteiger partial charge in [-0.25, -0.2) is 8.42 Å². The monoisotopic (exact) mass is 358 g/mol. The Kier molecular flexibility index (Phi) is 5.08. The molecule has 0 atom stereocenters. The van der Waals surface area contributed by atoms with Crippen LogP contribution in [0.5, 0.6) is 0 Å². The van der Waals surface area contributed by atoms with Crippen LogP contribution in [0, 0.1) is 0 Å². The molecule has 6 heteroatoms. The molecule has 1 heterocycles. The SMILES string of the molecule is CS(=O)(=O)Cc1ccc(C(=O)Nc2ccccc2N2CCCC2)cc1. The zero-order valence-corrected chi connectivity index (χ0v) is 15.1. The summed E-state index contributed by atoms with van der Waals surface area (Å²) in [7, 11) is -3.08. The molecule has 1 aliphatic heterocycles. The number of anilines is 2. The Labute approximate surface area is 148 Å². The predicted molar refractivity (Wildman–Crippen MR) is 101 cm³/mol. The van der Waals surface area contributed by atoms with E-state index >= 15 is 0 Å². The number of carbonyl (C=O) groups excluding carboxylic acids is 1. The van der Waals surface area contributed by atoms with Crippen LogP contribution in [0.15, 0.2) is 48.5 Å². The highest BCUT2D eigenvalue weighted by Crippen LogP contribution is 2.29. The minimum Gasteiger partial charge on any atom is -0.370 e. The molecule has 1 saturated heterocycles. The maximum atomic E-state index is 12.5. The molecule has 1 N–H and O–H groups in total. The first kappa shape index (κ1) is 17.5. The van der Waals surface area contributed by atoms with Crippen LogP contribution in [0.25, 0.3) is 0 Å². The largest absolute Gasteiger partial charge is 0.370 e. The second kappa shape index (κ2) is 7.27. The van der Waals surface area contributed by atoms with Crippen LogP contribution in [0.1, 0.15) is 28.8 Å². The van der Waals surface area contributed by atoms with Gasteiger partial charge in [0, 0.05) is 24.9 Å². The van der Waals surface area contributed by atoms with E-state index in [-0.39, 0.29) is 11.7 Å². The highest BCUT2D eigenvalue weighted by Gasteiger charge is 2.17. The third kappa shape index (κ3) is 4.60. The Morgan fingerprint density at radius 3 is 2.32 bits per heavy atom. The molecule has 3 rings (SSSR count). The van der Waals surface area contributed by atoms with Crippen molar-refractivity contribution < 1.29 is 13.2 Å². The number of sulfone groups is 1. The normalized spacial score (nSPS) is 14.5. The van der Waals surface area contributed by atoms with Gasteiger partial charge in [-0.2, -0.15) is 0 Å². The molecule has 2 aromatic carbocycles. The minimum atomic E-state index is -3.08. The van der Waals surface area contributed by atoms with Crippen molar-refractivity contribution in [3.63, 3.8) is 0 Å². The van der Waals surface area contributed by atoms with E-state index in [1.54, 1.807) is 24.3 Å². The minimum absolute atomic E-state index is 0.0211. The van der Waals surface area contributed by atoms with E-state index in [1.807, 2.05) is 24.3 Å². The average Bonchev–Trinajstić information content (AvgIpc) is 3.09. The van der Waals surface area contributed by atoms with Crippen molar-refractivity contribution in [1.82, 2.24) is 0 Å². The summed E-state index contributed by atoms with van der Waals surface area (Å²) in [6, 6.07) is 14.5. The van der Waals surface area contributed by atoms with Gasteiger partial charge >= 0.3 is 0 Å². The van der Waals surface area contributed by atoms with Crippen LogP contribution in [0.2, 0.25) is 0 Å². The van der Waals surface area contributed by atoms with E-state index in [4.69, 9.17) is 0 Å². The van der Waals surface area contributed by atoms with Crippen LogP contribution in [-0.2, 0) is 15.6 Å². The van der Waals surface area contributed by atoms with Gasteiger partial charge in [-0.05, 0) is 42.7 Å². The lowest BCUT2D eigenvalue weighted by Crippen LogP contribution is -2.21. The summed E-state index contributed by atoms with van der Waals surface area (Å²) in [4.78, 5) is 14.8. The number of hydrogen-bond acceptors (Lipinski definition) is 4. The summed E-state index contributed by atoms with van der Waals surface area (Å²) in [6.45, 7) is 2.01. The standard InChI is InChI=1S/C19H22N2O3S/c1-25(23,24)14-15-8-10-16(11-9-15)19(22)20-17-6-2-3-7-18(17)21-12-4-5-13-21/h2-3,6-11H,4-5,12-14H2,1H3,(H,20,22). The van der Waals surface area contributed by atoms with E-state index in [0.29, 0.717) is 11.1 Å². The molecule has 0 saturated carbocycles. The van der Waals surface area contributed by atoms with E-state index in [0.717, 1.165) is 24.5 Å². The van der Waals surface area contributed by atoms with Gasteiger partial charge in [0.05, 0.1) is 17.1 Å². The van der Waals surface area contributed by atoms with Crippen LogP contribution >= 0.6 is 0 Å². The first-order valence-corrected chi connectivity index (χ1v) is 10.4. The molecule has 0 bridgehead atoms. The first-order chi connectivity index (χ1) is 11.9. The van der Waals surface area contributed by atoms with Gasteiger partial charge in [-0.3, -0.25) is 4.79 Å². The molecule has 0 spiro atoms. The number of nitrogens with zero attached hydrogens (tertiary/aromatic N) is 1. The lowest BCUT2D eigenvalue weighted by Gasteiger charge is -2.21. The molecule has 0 unspecified atom stereocenters. The molecule has 0 aliphatic carbocycles. The third-order valence-corrected chi connectivity index (χ3v) is 5.10. The van der Waals surface area contributed by atoms with Gasteiger partial charge in [-0.15, -0.1) is 0 Å². The number of amides is 1. The Bertz CT molecular complexity index is 854. The third-order valence-electron chi connectivity index (χ3n) is 4.24. The van der Waals surface area contributed by atoms with Crippen molar-refractivity contribution in [3.8, 4) is 0 Å². The summed E-state index contributed by atoms with van der Waals surface area (Å²) in [5.41, 5.74) is 3.03. The van der Waals surface area contributed by atoms with E-state index in [9.17, 15) is 13.2 Å².